The first-order valence-electron chi connectivity index (χ1n) is 6.15. The van der Waals surface area contributed by atoms with Crippen molar-refractivity contribution in [3.05, 3.63) is 33.7 Å². The van der Waals surface area contributed by atoms with E-state index in [0.29, 0.717) is 0 Å². The highest BCUT2D eigenvalue weighted by molar-refractivity contribution is 7.80. The summed E-state index contributed by atoms with van der Waals surface area (Å²) in [4.78, 5) is 11.8. The number of hydrogen-bond donors (Lipinski definition) is 1. The molecule has 0 amide bonds. The van der Waals surface area contributed by atoms with E-state index >= 15 is 0 Å². The summed E-state index contributed by atoms with van der Waals surface area (Å²) in [7, 11) is 0. The summed E-state index contributed by atoms with van der Waals surface area (Å²) in [5, 5.41) is 0. The molecule has 0 aliphatic heterocycles. The summed E-state index contributed by atoms with van der Waals surface area (Å²) < 4.78 is 1.99. The fourth-order valence-electron chi connectivity index (χ4n) is 2.44. The van der Waals surface area contributed by atoms with Gasteiger partial charge in [-0.1, -0.05) is 12.5 Å². The second-order valence-electron chi connectivity index (χ2n) is 4.43. The predicted octanol–water partition coefficient (Wildman–Crippen LogP) is 2.44. The van der Waals surface area contributed by atoms with Crippen molar-refractivity contribution in [1.82, 2.24) is 4.57 Å². The molecule has 0 radical (unpaired) electrons. The van der Waals surface area contributed by atoms with Crippen LogP contribution >= 0.6 is 12.6 Å². The Morgan fingerprint density at radius 2 is 2.06 bits per heavy atom. The van der Waals surface area contributed by atoms with Gasteiger partial charge in [0.2, 0.25) is 0 Å². The van der Waals surface area contributed by atoms with Crippen molar-refractivity contribution in [2.75, 3.05) is 5.75 Å². The third-order valence-corrected chi connectivity index (χ3v) is 3.61. The minimum atomic E-state index is 0.173. The Hall–Kier alpha value is -0.700. The number of pyridine rings is 1. The first-order valence-corrected chi connectivity index (χ1v) is 6.78. The van der Waals surface area contributed by atoms with Crippen molar-refractivity contribution in [1.29, 1.82) is 0 Å². The normalized spacial score (nSPS) is 14.1. The Labute approximate surface area is 102 Å². The molecule has 1 heterocycles. The molecule has 0 saturated carbocycles. The van der Waals surface area contributed by atoms with Gasteiger partial charge in [-0.05, 0) is 43.4 Å². The van der Waals surface area contributed by atoms with Crippen LogP contribution in [-0.2, 0) is 19.4 Å². The number of aryl methyl sites for hydroxylation is 1. The Morgan fingerprint density at radius 3 is 2.88 bits per heavy atom. The number of thiol groups is 1. The molecular weight excluding hydrogens is 218 g/mol. The zero-order chi connectivity index (χ0) is 11.4. The van der Waals surface area contributed by atoms with Crippen molar-refractivity contribution < 1.29 is 0 Å². The molecule has 3 heteroatoms. The molecule has 0 atom stereocenters. The van der Waals surface area contributed by atoms with E-state index in [4.69, 9.17) is 0 Å². The lowest BCUT2D eigenvalue weighted by atomic mass is 10.2. The highest BCUT2D eigenvalue weighted by Crippen LogP contribution is 2.20. The maximum atomic E-state index is 11.8. The second-order valence-corrected chi connectivity index (χ2v) is 4.88. The van der Waals surface area contributed by atoms with E-state index in [1.807, 2.05) is 10.6 Å². The van der Waals surface area contributed by atoms with Crippen molar-refractivity contribution in [3.8, 4) is 0 Å². The number of nitrogens with zero attached hydrogens (tertiary/aromatic N) is 1. The van der Waals surface area contributed by atoms with E-state index in [1.54, 1.807) is 6.07 Å². The molecule has 0 unspecified atom stereocenters. The van der Waals surface area contributed by atoms with Crippen molar-refractivity contribution in [3.63, 3.8) is 0 Å². The van der Waals surface area contributed by atoms with Crippen LogP contribution in [0, 0.1) is 0 Å². The van der Waals surface area contributed by atoms with Crippen LogP contribution in [0.5, 0.6) is 0 Å². The predicted molar refractivity (Wildman–Crippen MR) is 70.4 cm³/mol. The zero-order valence-corrected chi connectivity index (χ0v) is 10.5. The molecule has 2 nitrogen and oxygen atoms in total. The third-order valence-electron chi connectivity index (χ3n) is 3.29. The lowest BCUT2D eigenvalue weighted by Gasteiger charge is -2.11. The Bertz CT molecular complexity index is 411. The molecule has 0 aromatic carbocycles. The van der Waals surface area contributed by atoms with E-state index in [-0.39, 0.29) is 5.56 Å². The van der Waals surface area contributed by atoms with Crippen molar-refractivity contribution in [2.24, 2.45) is 0 Å². The van der Waals surface area contributed by atoms with E-state index in [0.717, 1.165) is 38.0 Å². The van der Waals surface area contributed by atoms with Gasteiger partial charge in [0.15, 0.2) is 0 Å². The smallest absolute Gasteiger partial charge is 0.250 e. The van der Waals surface area contributed by atoms with Gasteiger partial charge in [-0.2, -0.15) is 12.6 Å². The molecular formula is C13H19NOS. The van der Waals surface area contributed by atoms with Crippen LogP contribution in [0.2, 0.25) is 0 Å². The van der Waals surface area contributed by atoms with Crippen LogP contribution in [0.3, 0.4) is 0 Å². The summed E-state index contributed by atoms with van der Waals surface area (Å²) in [6, 6.07) is 3.73. The lowest BCUT2D eigenvalue weighted by molar-refractivity contribution is 0.571. The maximum absolute atomic E-state index is 11.8. The summed E-state index contributed by atoms with van der Waals surface area (Å²) in [5.41, 5.74) is 2.85. The van der Waals surface area contributed by atoms with Crippen molar-refractivity contribution in [2.45, 2.75) is 45.1 Å². The van der Waals surface area contributed by atoms with Gasteiger partial charge in [0.25, 0.3) is 5.56 Å². The molecule has 2 rings (SSSR count). The van der Waals surface area contributed by atoms with Crippen LogP contribution in [0.25, 0.3) is 0 Å². The standard InChI is InChI=1S/C13H19NOS/c15-13-8-7-11-5-4-6-12(11)14(13)9-2-1-3-10-16/h7-8,16H,1-6,9-10H2. The average Bonchev–Trinajstić information content (AvgIpc) is 2.75. The molecule has 0 spiro atoms. The summed E-state index contributed by atoms with van der Waals surface area (Å²) in [6.45, 7) is 0.885. The number of hydrogen-bond acceptors (Lipinski definition) is 2. The van der Waals surface area contributed by atoms with Gasteiger partial charge < -0.3 is 4.57 Å². The second kappa shape index (κ2) is 5.58. The number of unbranched alkanes of at least 4 members (excludes halogenated alkanes) is 2. The van der Waals surface area contributed by atoms with E-state index in [1.165, 1.54) is 24.1 Å². The first-order chi connectivity index (χ1) is 7.83. The summed E-state index contributed by atoms with van der Waals surface area (Å²) in [5.74, 6) is 0.946. The fraction of sp³-hybridized carbons (Fsp3) is 0.615. The van der Waals surface area contributed by atoms with Gasteiger partial charge in [0.05, 0.1) is 0 Å². The van der Waals surface area contributed by atoms with Crippen LogP contribution < -0.4 is 5.56 Å². The van der Waals surface area contributed by atoms with Crippen LogP contribution in [0.1, 0.15) is 36.9 Å². The molecule has 0 saturated heterocycles. The maximum Gasteiger partial charge on any atom is 0.250 e. The van der Waals surface area contributed by atoms with Gasteiger partial charge in [-0.15, -0.1) is 0 Å². The number of fused-ring (bicyclic) bond motifs is 1. The summed E-state index contributed by atoms with van der Waals surface area (Å²) >= 11 is 4.20. The molecule has 0 N–H and O–H groups in total. The molecule has 0 fully saturated rings. The SMILES string of the molecule is O=c1ccc2c(n1CCCCCS)CCC2. The Balaban J connectivity index is 2.08. The first kappa shape index (κ1) is 11.8. The van der Waals surface area contributed by atoms with Crippen LogP contribution in [-0.4, -0.2) is 10.3 Å². The van der Waals surface area contributed by atoms with E-state index in [9.17, 15) is 4.79 Å². The van der Waals surface area contributed by atoms with Gasteiger partial charge in [-0.3, -0.25) is 4.79 Å². The Morgan fingerprint density at radius 1 is 1.19 bits per heavy atom. The fourth-order valence-corrected chi connectivity index (χ4v) is 2.66. The van der Waals surface area contributed by atoms with Gasteiger partial charge in [0.1, 0.15) is 0 Å². The largest absolute Gasteiger partial charge is 0.312 e. The molecule has 88 valence electrons. The highest BCUT2D eigenvalue weighted by Gasteiger charge is 2.14. The molecule has 16 heavy (non-hydrogen) atoms. The van der Waals surface area contributed by atoms with Crippen molar-refractivity contribution >= 4 is 12.6 Å². The lowest BCUT2D eigenvalue weighted by Crippen LogP contribution is -2.22. The van der Waals surface area contributed by atoms with E-state index < -0.39 is 0 Å². The third kappa shape index (κ3) is 2.51. The van der Waals surface area contributed by atoms with Crippen LogP contribution in [0.15, 0.2) is 16.9 Å². The minimum Gasteiger partial charge on any atom is -0.312 e. The summed E-state index contributed by atoms with van der Waals surface area (Å²) in [6.07, 6.45) is 6.84. The minimum absolute atomic E-state index is 0.173. The molecule has 1 aliphatic rings. The molecule has 1 aliphatic carbocycles. The highest BCUT2D eigenvalue weighted by atomic mass is 32.1. The van der Waals surface area contributed by atoms with Gasteiger partial charge in [-0.25, -0.2) is 0 Å². The molecule has 0 bridgehead atoms. The van der Waals surface area contributed by atoms with Gasteiger partial charge >= 0.3 is 0 Å². The van der Waals surface area contributed by atoms with Gasteiger partial charge in [0, 0.05) is 18.3 Å². The topological polar surface area (TPSA) is 22.0 Å². The monoisotopic (exact) mass is 237 g/mol. The van der Waals surface area contributed by atoms with E-state index in [2.05, 4.69) is 12.6 Å². The average molecular weight is 237 g/mol. The number of aromatic nitrogens is 1. The zero-order valence-electron chi connectivity index (χ0n) is 9.61. The molecule has 1 aromatic heterocycles. The van der Waals surface area contributed by atoms with Crippen LogP contribution in [0.4, 0.5) is 0 Å². The number of rotatable bonds is 5. The molecule has 1 aromatic rings. The quantitative estimate of drug-likeness (QED) is 0.616. The Kier molecular flexibility index (Phi) is 4.10.